The van der Waals surface area contributed by atoms with Gasteiger partial charge in [-0.3, -0.25) is 14.6 Å². The lowest BCUT2D eigenvalue weighted by molar-refractivity contribution is -0.146. The van der Waals surface area contributed by atoms with E-state index in [-0.39, 0.29) is 30.5 Å². The summed E-state index contributed by atoms with van der Waals surface area (Å²) in [4.78, 5) is 31.3. The number of allylic oxidation sites excluding steroid dienone is 2. The molecule has 3 unspecified atom stereocenters. The molecule has 2 aromatic carbocycles. The maximum atomic E-state index is 13.6. The van der Waals surface area contributed by atoms with Crippen molar-refractivity contribution in [3.63, 3.8) is 0 Å². The molecule has 0 aromatic heterocycles. The summed E-state index contributed by atoms with van der Waals surface area (Å²) >= 11 is 0. The Bertz CT molecular complexity index is 1180. The Balaban J connectivity index is 1.78. The second-order valence-electron chi connectivity index (χ2n) is 8.56. The van der Waals surface area contributed by atoms with Gasteiger partial charge in [0, 0.05) is 29.3 Å². The van der Waals surface area contributed by atoms with E-state index < -0.39 is 17.8 Å². The second-order valence-corrected chi connectivity index (χ2v) is 8.56. The minimum Gasteiger partial charge on any atom is -0.508 e. The first-order chi connectivity index (χ1) is 16.4. The first-order valence-electron chi connectivity index (χ1n) is 11.4. The Morgan fingerprint density at radius 1 is 1.06 bits per heavy atom. The number of carbonyl (C=O) groups excluding carboxylic acids is 2. The van der Waals surface area contributed by atoms with E-state index in [1.54, 1.807) is 46.3 Å². The number of rotatable bonds is 6. The molecule has 2 aliphatic rings. The predicted molar refractivity (Wildman–Crippen MR) is 128 cm³/mol. The summed E-state index contributed by atoms with van der Waals surface area (Å²) in [6, 6.07) is 12.4. The number of hydrogen-bond donors (Lipinski definition) is 1. The number of carbonyl (C=O) groups is 2. The molecular formula is C27H29NO6. The van der Waals surface area contributed by atoms with Crippen molar-refractivity contribution in [1.29, 1.82) is 0 Å². The maximum absolute atomic E-state index is 13.6. The molecule has 0 amide bonds. The Hall–Kier alpha value is -3.61. The van der Waals surface area contributed by atoms with Crippen molar-refractivity contribution in [1.82, 2.24) is 0 Å². The van der Waals surface area contributed by atoms with E-state index in [0.29, 0.717) is 40.5 Å². The quantitative estimate of drug-likeness (QED) is 0.632. The third-order valence-corrected chi connectivity index (χ3v) is 6.54. The maximum Gasteiger partial charge on any atom is 0.315 e. The van der Waals surface area contributed by atoms with Crippen molar-refractivity contribution < 1.29 is 28.9 Å². The van der Waals surface area contributed by atoms with Gasteiger partial charge in [0.05, 0.1) is 20.8 Å². The normalized spacial score (nSPS) is 22.1. The summed E-state index contributed by atoms with van der Waals surface area (Å²) in [5.41, 5.74) is 3.48. The van der Waals surface area contributed by atoms with Crippen molar-refractivity contribution >= 4 is 17.5 Å². The fourth-order valence-electron chi connectivity index (χ4n) is 5.02. The van der Waals surface area contributed by atoms with E-state index in [0.717, 1.165) is 5.56 Å². The van der Waals surface area contributed by atoms with E-state index in [2.05, 4.69) is 0 Å². The topological polar surface area (TPSA) is 94.4 Å². The van der Waals surface area contributed by atoms with Gasteiger partial charge in [-0.15, -0.1) is 0 Å². The number of ether oxygens (including phenoxy) is 3. The van der Waals surface area contributed by atoms with Gasteiger partial charge in [-0.1, -0.05) is 18.2 Å². The van der Waals surface area contributed by atoms with Gasteiger partial charge in [0.1, 0.15) is 11.7 Å². The van der Waals surface area contributed by atoms with Gasteiger partial charge in [-0.25, -0.2) is 0 Å². The molecule has 1 heterocycles. The molecule has 7 nitrogen and oxygen atoms in total. The molecular weight excluding hydrogens is 434 g/mol. The number of hydrogen-bond acceptors (Lipinski definition) is 7. The van der Waals surface area contributed by atoms with Crippen molar-refractivity contribution in [3.8, 4) is 17.2 Å². The summed E-state index contributed by atoms with van der Waals surface area (Å²) in [5, 5.41) is 10.1. The van der Waals surface area contributed by atoms with Crippen LogP contribution in [-0.2, 0) is 14.3 Å². The van der Waals surface area contributed by atoms with Crippen molar-refractivity contribution in [2.24, 2.45) is 10.9 Å². The number of phenolic OH excluding ortho intramolecular Hbond substituents is 1. The van der Waals surface area contributed by atoms with Crippen LogP contribution >= 0.6 is 0 Å². The molecule has 0 saturated carbocycles. The summed E-state index contributed by atoms with van der Waals surface area (Å²) < 4.78 is 16.1. The van der Waals surface area contributed by atoms with Gasteiger partial charge in [0.2, 0.25) is 0 Å². The van der Waals surface area contributed by atoms with Crippen LogP contribution in [-0.4, -0.2) is 43.4 Å². The highest BCUT2D eigenvalue weighted by atomic mass is 16.5. The van der Waals surface area contributed by atoms with Gasteiger partial charge in [0.15, 0.2) is 17.3 Å². The molecule has 3 atom stereocenters. The highest BCUT2D eigenvalue weighted by Crippen LogP contribution is 2.47. The second kappa shape index (κ2) is 9.71. The number of phenols is 1. The molecule has 7 heteroatoms. The molecule has 1 aliphatic heterocycles. The molecule has 4 rings (SSSR count). The van der Waals surface area contributed by atoms with Crippen LogP contribution in [0.3, 0.4) is 0 Å². The van der Waals surface area contributed by atoms with Crippen LogP contribution in [0.15, 0.2) is 58.7 Å². The van der Waals surface area contributed by atoms with Gasteiger partial charge in [0.25, 0.3) is 0 Å². The number of methoxy groups -OCH3 is 2. The van der Waals surface area contributed by atoms with Crippen LogP contribution in [0.2, 0.25) is 0 Å². The first kappa shape index (κ1) is 23.5. The van der Waals surface area contributed by atoms with E-state index in [1.807, 2.05) is 24.3 Å². The van der Waals surface area contributed by atoms with Crippen LogP contribution in [0.25, 0.3) is 0 Å². The van der Waals surface area contributed by atoms with Crippen LogP contribution in [0.5, 0.6) is 17.2 Å². The van der Waals surface area contributed by atoms with Gasteiger partial charge in [-0.05, 0) is 61.6 Å². The van der Waals surface area contributed by atoms with Gasteiger partial charge in [-0.2, -0.15) is 0 Å². The monoisotopic (exact) mass is 463 g/mol. The van der Waals surface area contributed by atoms with Crippen LogP contribution in [0.4, 0.5) is 0 Å². The van der Waals surface area contributed by atoms with Gasteiger partial charge >= 0.3 is 5.97 Å². The highest BCUT2D eigenvalue weighted by molar-refractivity contribution is 6.09. The smallest absolute Gasteiger partial charge is 0.315 e. The summed E-state index contributed by atoms with van der Waals surface area (Å²) in [6.07, 6.45) is 0.840. The molecule has 178 valence electrons. The first-order valence-corrected chi connectivity index (χ1v) is 11.4. The third kappa shape index (κ3) is 4.30. The molecule has 0 spiro atoms. The van der Waals surface area contributed by atoms with Crippen molar-refractivity contribution in [2.75, 3.05) is 20.8 Å². The number of esters is 1. The Labute approximate surface area is 199 Å². The van der Waals surface area contributed by atoms with Crippen LogP contribution in [0, 0.1) is 5.92 Å². The zero-order valence-corrected chi connectivity index (χ0v) is 19.8. The third-order valence-electron chi connectivity index (χ3n) is 6.54. The van der Waals surface area contributed by atoms with E-state index in [4.69, 9.17) is 19.2 Å². The number of ketones is 1. The lowest BCUT2D eigenvalue weighted by Crippen LogP contribution is -2.38. The average molecular weight is 464 g/mol. The molecule has 1 N–H and O–H groups in total. The fourth-order valence-corrected chi connectivity index (χ4v) is 5.02. The zero-order valence-electron chi connectivity index (χ0n) is 19.8. The fraction of sp³-hybridized carbons (Fsp3) is 0.370. The van der Waals surface area contributed by atoms with E-state index in [9.17, 15) is 14.7 Å². The molecule has 0 fully saturated rings. The van der Waals surface area contributed by atoms with Crippen molar-refractivity contribution in [3.05, 3.63) is 64.9 Å². The Kier molecular flexibility index (Phi) is 6.72. The summed E-state index contributed by atoms with van der Waals surface area (Å²) in [6.45, 7) is 3.78. The number of nitrogens with zero attached hydrogens (tertiary/aromatic N) is 1. The zero-order chi connectivity index (χ0) is 24.4. The van der Waals surface area contributed by atoms with Crippen LogP contribution in [0.1, 0.15) is 49.7 Å². The molecule has 1 aliphatic carbocycles. The van der Waals surface area contributed by atoms with Gasteiger partial charge < -0.3 is 19.3 Å². The largest absolute Gasteiger partial charge is 0.508 e. The minimum absolute atomic E-state index is 0.0556. The average Bonchev–Trinajstić information content (AvgIpc) is 2.82. The number of benzene rings is 2. The lowest BCUT2D eigenvalue weighted by Gasteiger charge is -2.36. The highest BCUT2D eigenvalue weighted by Gasteiger charge is 2.44. The summed E-state index contributed by atoms with van der Waals surface area (Å²) in [7, 11) is 3.16. The molecule has 0 bridgehead atoms. The SMILES string of the molecule is CCOC(=O)C1C(C)=NC2=C(C(=O)CC(c3ccc(OC)c(OC)c3)C2)C1c1cccc(O)c1. The predicted octanol–water partition coefficient (Wildman–Crippen LogP) is 4.55. The van der Waals surface area contributed by atoms with E-state index in [1.165, 1.54) is 0 Å². The lowest BCUT2D eigenvalue weighted by atomic mass is 9.69. The standard InChI is InChI=1S/C27H29NO6/c1-5-34-27(31)24-15(2)28-20-12-18(16-9-10-22(32-3)23(14-16)33-4)13-21(30)26(20)25(24)17-7-6-8-19(29)11-17/h6-11,14,18,24-25,29H,5,12-13H2,1-4H3. The van der Waals surface area contributed by atoms with Crippen molar-refractivity contribution in [2.45, 2.75) is 38.5 Å². The number of aromatic hydroxyl groups is 1. The molecule has 34 heavy (non-hydrogen) atoms. The minimum atomic E-state index is -0.720. The summed E-state index contributed by atoms with van der Waals surface area (Å²) in [5.74, 6) is -0.518. The molecule has 2 aromatic rings. The molecule has 0 saturated heterocycles. The Morgan fingerprint density at radius 3 is 2.50 bits per heavy atom. The molecule has 0 radical (unpaired) electrons. The van der Waals surface area contributed by atoms with E-state index >= 15 is 0 Å². The number of Topliss-reactive ketones (excluding diaryl/α,β-unsaturated/α-hetero) is 1. The Morgan fingerprint density at radius 2 is 1.82 bits per heavy atom. The number of aliphatic imine (C=N–C) groups is 1. The van der Waals surface area contributed by atoms with Crippen LogP contribution < -0.4 is 9.47 Å².